The molecule has 0 amide bonds. The summed E-state index contributed by atoms with van der Waals surface area (Å²) in [5, 5.41) is 1.22. The summed E-state index contributed by atoms with van der Waals surface area (Å²) in [5.41, 5.74) is 1.28. The Morgan fingerprint density at radius 1 is 0.826 bits per heavy atom. The normalized spacial score (nSPS) is 6.83. The Balaban J connectivity index is -0.0000000565. The van der Waals surface area contributed by atoms with Gasteiger partial charge in [-0.15, -0.1) is 0 Å². The first-order chi connectivity index (χ1) is 10.7. The van der Waals surface area contributed by atoms with Crippen LogP contribution in [0.25, 0.3) is 0 Å². The van der Waals surface area contributed by atoms with Gasteiger partial charge < -0.3 is 0 Å². The van der Waals surface area contributed by atoms with Gasteiger partial charge in [-0.25, -0.2) is 0 Å². The van der Waals surface area contributed by atoms with Crippen molar-refractivity contribution in [2.75, 3.05) is 0 Å². The maximum absolute atomic E-state index is 7.50. The fraction of sp³-hybridized carbons (Fsp3) is 0.133. The van der Waals surface area contributed by atoms with E-state index in [2.05, 4.69) is 65.0 Å². The van der Waals surface area contributed by atoms with Crippen molar-refractivity contribution in [3.63, 3.8) is 0 Å². The zero-order valence-corrected chi connectivity index (χ0v) is 16.8. The Kier molecular flexibility index (Phi) is 70.7. The minimum atomic E-state index is -0.605. The molecule has 0 bridgehead atoms. The summed E-state index contributed by atoms with van der Waals surface area (Å²) >= 11 is 6.19. The number of halogens is 1. The van der Waals surface area contributed by atoms with Crippen molar-refractivity contribution < 1.29 is 44.3 Å². The van der Waals surface area contributed by atoms with Gasteiger partial charge in [0.2, 0.25) is 0 Å². The second-order valence-corrected chi connectivity index (χ2v) is 5.34. The van der Waals surface area contributed by atoms with Crippen LogP contribution in [0.2, 0.25) is 0 Å². The maximum atomic E-state index is 7.50. The quantitative estimate of drug-likeness (QED) is 0.322. The van der Waals surface area contributed by atoms with E-state index in [1.54, 1.807) is 0 Å². The first kappa shape index (κ1) is 37.9. The minimum absolute atomic E-state index is 0. The first-order valence-corrected chi connectivity index (χ1v) is 7.19. The maximum Gasteiger partial charge on any atom is 0 e. The molecule has 0 saturated heterocycles. The molecular formula is C15H12ClO5PW. The van der Waals surface area contributed by atoms with E-state index < -0.39 is 7.27 Å². The summed E-state index contributed by atoms with van der Waals surface area (Å²) in [5.74, 6) is 2.12. The van der Waals surface area contributed by atoms with Crippen LogP contribution in [0, 0.1) is 33.3 Å². The Morgan fingerprint density at radius 3 is 1.39 bits per heavy atom. The van der Waals surface area contributed by atoms with Gasteiger partial charge in [0.15, 0.2) is 0 Å². The number of allylic oxidation sites excluding steroid dienone is 1. The fourth-order valence-electron chi connectivity index (χ4n) is 0.872. The Bertz CT molecular complexity index is 427. The van der Waals surface area contributed by atoms with E-state index in [1.165, 1.54) is 10.9 Å². The van der Waals surface area contributed by atoms with Gasteiger partial charge in [0.1, 0.15) is 0 Å². The van der Waals surface area contributed by atoms with Crippen molar-refractivity contribution in [2.24, 2.45) is 0 Å². The summed E-state index contributed by atoms with van der Waals surface area (Å²) in [6.45, 7) is 26.6. The van der Waals surface area contributed by atoms with Crippen LogP contribution >= 0.6 is 18.5 Å². The van der Waals surface area contributed by atoms with E-state index >= 15 is 0 Å². The zero-order chi connectivity index (χ0) is 19.0. The van der Waals surface area contributed by atoms with E-state index in [9.17, 15) is 0 Å². The smallest absolute Gasteiger partial charge is 0 e. The molecule has 5 nitrogen and oxygen atoms in total. The van der Waals surface area contributed by atoms with Gasteiger partial charge in [0, 0.05) is 28.3 Å². The number of hydrogen-bond acceptors (Lipinski definition) is 0. The van der Waals surface area contributed by atoms with Crippen molar-refractivity contribution in [2.45, 2.75) is 13.8 Å². The topological polar surface area (TPSA) is 99.5 Å². The van der Waals surface area contributed by atoms with E-state index in [0.717, 1.165) is 0 Å². The fourth-order valence-corrected chi connectivity index (χ4v) is 2.85. The predicted octanol–water partition coefficient (Wildman–Crippen LogP) is 3.68. The summed E-state index contributed by atoms with van der Waals surface area (Å²) in [4.78, 5) is 0. The molecule has 0 spiro atoms. The largest absolute Gasteiger partial charge is 0 e. The van der Waals surface area contributed by atoms with Gasteiger partial charge in [-0.2, -0.15) is 0 Å². The summed E-state index contributed by atoms with van der Waals surface area (Å²) in [7, 11) is -0.605. The molecule has 23 heavy (non-hydrogen) atoms. The molecule has 0 N–H and O–H groups in total. The van der Waals surface area contributed by atoms with Crippen LogP contribution < -0.4 is 5.30 Å². The van der Waals surface area contributed by atoms with Gasteiger partial charge in [-0.3, -0.25) is 0 Å². The van der Waals surface area contributed by atoms with Crippen LogP contribution in [0.1, 0.15) is 13.8 Å². The van der Waals surface area contributed by atoms with Crippen LogP contribution in [-0.2, 0) is 44.3 Å². The van der Waals surface area contributed by atoms with Crippen LogP contribution in [0.5, 0.6) is 0 Å². The minimum Gasteiger partial charge on any atom is 0 e. The molecule has 0 heterocycles. The Morgan fingerprint density at radius 2 is 1.13 bits per heavy atom. The molecule has 0 aromatic heterocycles. The summed E-state index contributed by atoms with van der Waals surface area (Å²) in [6, 6.07) is 10.2. The Labute approximate surface area is 156 Å². The van der Waals surface area contributed by atoms with Crippen molar-refractivity contribution in [3.05, 3.63) is 75.0 Å². The van der Waals surface area contributed by atoms with Gasteiger partial charge >= 0.3 is 56.5 Å². The third kappa shape index (κ3) is 33.7. The van der Waals surface area contributed by atoms with Crippen molar-refractivity contribution in [1.29, 1.82) is 0 Å². The van der Waals surface area contributed by atoms with E-state index in [-0.39, 0.29) is 21.1 Å². The van der Waals surface area contributed by atoms with E-state index in [1.807, 2.05) is 18.2 Å². The second kappa shape index (κ2) is 42.9. The molecule has 1 aromatic carbocycles. The second-order valence-electron chi connectivity index (χ2n) is 2.85. The van der Waals surface area contributed by atoms with Crippen LogP contribution in [-0.4, -0.2) is 0 Å². The molecule has 0 saturated carbocycles. The predicted molar refractivity (Wildman–Crippen MR) is 77.9 cm³/mol. The molecule has 1 rings (SSSR count). The molecule has 0 fully saturated rings. The van der Waals surface area contributed by atoms with Crippen molar-refractivity contribution >= 4 is 23.8 Å². The van der Waals surface area contributed by atoms with Crippen molar-refractivity contribution in [1.82, 2.24) is 0 Å². The number of hydrogen-bond donors (Lipinski definition) is 0. The van der Waals surface area contributed by atoms with Gasteiger partial charge in [0.25, 0.3) is 0 Å². The molecule has 1 atom stereocenters. The average molecular weight is 523 g/mol. The molecule has 1 unspecified atom stereocenters. The molecule has 0 aliphatic rings. The summed E-state index contributed by atoms with van der Waals surface area (Å²) in [6.07, 6.45) is 0. The molecule has 0 radical (unpaired) electrons. The third-order valence-corrected chi connectivity index (χ3v) is 3.79. The van der Waals surface area contributed by atoms with Gasteiger partial charge in [-0.1, -0.05) is 47.1 Å². The molecule has 120 valence electrons. The molecule has 0 aliphatic carbocycles. The molecule has 8 heteroatoms. The molecule has 0 aliphatic heterocycles. The Hall–Kier alpha value is -0.932. The number of benzene rings is 1. The van der Waals surface area contributed by atoms with Gasteiger partial charge in [-0.05, 0) is 25.0 Å². The first-order valence-electron chi connectivity index (χ1n) is 4.87. The monoisotopic (exact) mass is 522 g/mol. The van der Waals surface area contributed by atoms with Crippen LogP contribution in [0.15, 0.2) is 41.7 Å². The SMILES string of the molecule is CC(C)=CP(Cl)c1ccccc1.[C-]#[O+].[C-]#[O+].[C-]#[O+].[C-]#[O+].[C-]#[O+].[W]. The van der Waals surface area contributed by atoms with Crippen LogP contribution in [0.4, 0.5) is 0 Å². The van der Waals surface area contributed by atoms with Crippen molar-refractivity contribution in [3.8, 4) is 0 Å². The average Bonchev–Trinajstić information content (AvgIpc) is 2.64. The molecule has 1 aromatic rings. The van der Waals surface area contributed by atoms with E-state index in [0.29, 0.717) is 0 Å². The third-order valence-electron chi connectivity index (χ3n) is 1.37. The summed E-state index contributed by atoms with van der Waals surface area (Å²) < 4.78 is 37.5. The van der Waals surface area contributed by atoms with E-state index in [4.69, 9.17) is 34.5 Å². The van der Waals surface area contributed by atoms with Gasteiger partial charge in [0.05, 0.1) is 0 Å². The standard InChI is InChI=1S/C10H12ClP.5CO.W/c1-9(2)8-12(11)10-6-4-3-5-7-10;5*1-2;/h3-8H,1-2H3;;;;;;. The number of rotatable bonds is 2. The molecular weight excluding hydrogens is 510 g/mol. The zero-order valence-electron chi connectivity index (χ0n) is 12.2. The van der Waals surface area contributed by atoms with Crippen LogP contribution in [0.3, 0.4) is 0 Å².